The van der Waals surface area contributed by atoms with Gasteiger partial charge in [-0.05, 0) is 20.8 Å². The maximum Gasteiger partial charge on any atom is 0.374 e. The van der Waals surface area contributed by atoms with Gasteiger partial charge in [0.1, 0.15) is 0 Å². The van der Waals surface area contributed by atoms with Gasteiger partial charge in [-0.15, -0.1) is 0 Å². The summed E-state index contributed by atoms with van der Waals surface area (Å²) in [5.41, 5.74) is 0. The van der Waals surface area contributed by atoms with Gasteiger partial charge in [-0.1, -0.05) is 0 Å². The third-order valence-electron chi connectivity index (χ3n) is 1.45. The summed E-state index contributed by atoms with van der Waals surface area (Å²) >= 11 is 0. The molecule has 0 radical (unpaired) electrons. The van der Waals surface area contributed by atoms with Gasteiger partial charge in [0.25, 0.3) is 0 Å². The highest BCUT2D eigenvalue weighted by Crippen LogP contribution is 2.55. The molecular weight excluding hydrogens is 233 g/mol. The first-order chi connectivity index (χ1) is 7.55. The SMILES string of the molecule is CCOC(=O)C(=C=[N-])P(=O)(OCC)OCC. The average molecular weight is 248 g/mol. The van der Waals surface area contributed by atoms with Crippen molar-refractivity contribution < 1.29 is 23.1 Å². The van der Waals surface area contributed by atoms with Crippen molar-refractivity contribution in [3.8, 4) is 0 Å². The number of hydrogen-bond donors (Lipinski definition) is 0. The van der Waals surface area contributed by atoms with Gasteiger partial charge in [-0.25, -0.2) is 10.7 Å². The maximum absolute atomic E-state index is 12.1. The van der Waals surface area contributed by atoms with Crippen molar-refractivity contribution in [1.29, 1.82) is 0 Å². The highest BCUT2D eigenvalue weighted by atomic mass is 31.2. The van der Waals surface area contributed by atoms with Gasteiger partial charge in [0.05, 0.1) is 19.8 Å². The predicted molar refractivity (Wildman–Crippen MR) is 59.4 cm³/mol. The first-order valence-electron chi connectivity index (χ1n) is 4.89. The zero-order valence-corrected chi connectivity index (χ0v) is 10.5. The van der Waals surface area contributed by atoms with E-state index in [0.29, 0.717) is 0 Å². The third-order valence-corrected chi connectivity index (χ3v) is 3.47. The molecule has 0 spiro atoms. The second kappa shape index (κ2) is 7.36. The molecule has 0 aromatic carbocycles. The van der Waals surface area contributed by atoms with Crippen LogP contribution in [0.1, 0.15) is 20.8 Å². The Morgan fingerprint density at radius 3 is 2.00 bits per heavy atom. The van der Waals surface area contributed by atoms with Gasteiger partial charge in [-0.2, -0.15) is 0 Å². The zero-order chi connectivity index (χ0) is 12.6. The summed E-state index contributed by atoms with van der Waals surface area (Å²) in [7, 11) is -3.83. The van der Waals surface area contributed by atoms with Crippen LogP contribution in [0.25, 0.3) is 5.41 Å². The van der Waals surface area contributed by atoms with E-state index in [2.05, 4.69) is 4.74 Å². The maximum atomic E-state index is 12.1. The largest absolute Gasteiger partial charge is 0.762 e. The van der Waals surface area contributed by atoms with E-state index in [1.54, 1.807) is 20.8 Å². The molecule has 0 atom stereocenters. The standard InChI is InChI=1S/C9H15NO5P/c1-4-13-9(11)8(7-10)16(12,14-5-2)15-6-3/h4-6H2,1-3H3/q-1. The second-order valence-electron chi connectivity index (χ2n) is 2.51. The van der Waals surface area contributed by atoms with Gasteiger partial charge in [-0.3, -0.25) is 4.57 Å². The van der Waals surface area contributed by atoms with Crippen LogP contribution < -0.4 is 0 Å². The van der Waals surface area contributed by atoms with E-state index in [1.165, 1.54) is 5.87 Å². The van der Waals surface area contributed by atoms with E-state index in [0.717, 1.165) is 0 Å². The molecule has 0 N–H and O–H groups in total. The molecule has 92 valence electrons. The van der Waals surface area contributed by atoms with Crippen LogP contribution in [0.4, 0.5) is 0 Å². The Morgan fingerprint density at radius 2 is 1.69 bits per heavy atom. The molecule has 0 amide bonds. The Morgan fingerprint density at radius 1 is 1.19 bits per heavy atom. The number of ether oxygens (including phenoxy) is 1. The normalized spacial score (nSPS) is 10.7. The summed E-state index contributed by atoms with van der Waals surface area (Å²) < 4.78 is 26.4. The molecule has 16 heavy (non-hydrogen) atoms. The van der Waals surface area contributed by atoms with E-state index in [1.807, 2.05) is 0 Å². The first-order valence-corrected chi connectivity index (χ1v) is 6.43. The lowest BCUT2D eigenvalue weighted by Gasteiger charge is -2.18. The van der Waals surface area contributed by atoms with Gasteiger partial charge in [0.2, 0.25) is 0 Å². The monoisotopic (exact) mass is 248 g/mol. The van der Waals surface area contributed by atoms with Crippen molar-refractivity contribution in [2.24, 2.45) is 0 Å². The van der Waals surface area contributed by atoms with Gasteiger partial charge in [0.15, 0.2) is 5.31 Å². The highest BCUT2D eigenvalue weighted by Gasteiger charge is 2.34. The van der Waals surface area contributed by atoms with Crippen LogP contribution in [-0.2, 0) is 23.1 Å². The minimum Gasteiger partial charge on any atom is -0.762 e. The molecule has 0 fully saturated rings. The molecule has 0 aromatic rings. The summed E-state index contributed by atoms with van der Waals surface area (Å²) in [6, 6.07) is 0. The molecule has 6 nitrogen and oxygen atoms in total. The quantitative estimate of drug-likeness (QED) is 0.297. The Balaban J connectivity index is 5.09. The Hall–Kier alpha value is -0.930. The fourth-order valence-electron chi connectivity index (χ4n) is 0.924. The van der Waals surface area contributed by atoms with E-state index < -0.39 is 18.9 Å². The molecule has 0 unspecified atom stereocenters. The Bertz CT molecular complexity index is 325. The fourth-order valence-corrected chi connectivity index (χ4v) is 2.35. The summed E-state index contributed by atoms with van der Waals surface area (Å²) in [4.78, 5) is 11.4. The molecule has 0 saturated carbocycles. The van der Waals surface area contributed by atoms with E-state index in [4.69, 9.17) is 14.5 Å². The lowest BCUT2D eigenvalue weighted by Crippen LogP contribution is -2.11. The van der Waals surface area contributed by atoms with Crippen molar-refractivity contribution in [1.82, 2.24) is 0 Å². The van der Waals surface area contributed by atoms with Crippen LogP contribution in [0.2, 0.25) is 0 Å². The lowest BCUT2D eigenvalue weighted by molar-refractivity contribution is -0.137. The smallest absolute Gasteiger partial charge is 0.374 e. The van der Waals surface area contributed by atoms with Crippen LogP contribution in [-0.4, -0.2) is 31.7 Å². The van der Waals surface area contributed by atoms with E-state index >= 15 is 0 Å². The molecule has 0 aromatic heterocycles. The number of carbonyl (C=O) groups excluding carboxylic acids is 1. The van der Waals surface area contributed by atoms with Crippen molar-refractivity contribution >= 4 is 19.4 Å². The molecular formula is C9H15NO5P-. The summed E-state index contributed by atoms with van der Waals surface area (Å²) in [6.07, 6.45) is 0. The summed E-state index contributed by atoms with van der Waals surface area (Å²) in [6.45, 7) is 4.99. The molecule has 0 aliphatic heterocycles. The predicted octanol–water partition coefficient (Wildman–Crippen LogP) is 1.94. The number of nitrogens with zero attached hydrogens (tertiary/aromatic N) is 1. The fraction of sp³-hybridized carbons (Fsp3) is 0.667. The molecule has 0 heterocycles. The van der Waals surface area contributed by atoms with Crippen LogP contribution >= 0.6 is 7.60 Å². The summed E-state index contributed by atoms with van der Waals surface area (Å²) in [5.74, 6) is 0.563. The molecule has 0 aliphatic rings. The molecule has 7 heteroatoms. The van der Waals surface area contributed by atoms with Crippen molar-refractivity contribution in [3.05, 3.63) is 10.7 Å². The van der Waals surface area contributed by atoms with Crippen LogP contribution in [0, 0.1) is 0 Å². The summed E-state index contributed by atoms with van der Waals surface area (Å²) in [5, 5.41) is 8.18. The van der Waals surface area contributed by atoms with Crippen LogP contribution in [0.5, 0.6) is 0 Å². The number of hydrogen-bond acceptors (Lipinski definition) is 5. The van der Waals surface area contributed by atoms with E-state index in [9.17, 15) is 9.36 Å². The first kappa shape index (κ1) is 15.1. The topological polar surface area (TPSA) is 84.1 Å². The molecule has 0 saturated heterocycles. The number of esters is 1. The van der Waals surface area contributed by atoms with Crippen molar-refractivity contribution in [2.45, 2.75) is 20.8 Å². The average Bonchev–Trinajstić information content (AvgIpc) is 2.19. The highest BCUT2D eigenvalue weighted by molar-refractivity contribution is 7.60. The minimum atomic E-state index is -3.83. The minimum absolute atomic E-state index is 0.0713. The zero-order valence-electron chi connectivity index (χ0n) is 9.56. The Labute approximate surface area is 94.6 Å². The Kier molecular flexibility index (Phi) is 6.93. The molecule has 0 bridgehead atoms. The number of rotatable bonds is 7. The van der Waals surface area contributed by atoms with E-state index in [-0.39, 0.29) is 19.8 Å². The molecule has 0 rings (SSSR count). The number of carbonyl (C=O) groups is 1. The second-order valence-corrected chi connectivity index (χ2v) is 4.47. The van der Waals surface area contributed by atoms with Crippen LogP contribution in [0.3, 0.4) is 0 Å². The van der Waals surface area contributed by atoms with Gasteiger partial charge < -0.3 is 19.2 Å². The van der Waals surface area contributed by atoms with Crippen molar-refractivity contribution in [3.63, 3.8) is 0 Å². The third kappa shape index (κ3) is 3.91. The molecule has 0 aliphatic carbocycles. The van der Waals surface area contributed by atoms with Crippen molar-refractivity contribution in [2.75, 3.05) is 19.8 Å². The lowest BCUT2D eigenvalue weighted by atomic mass is 10.6. The van der Waals surface area contributed by atoms with Gasteiger partial charge in [0, 0.05) is 0 Å². The van der Waals surface area contributed by atoms with Gasteiger partial charge >= 0.3 is 13.6 Å². The van der Waals surface area contributed by atoms with Crippen LogP contribution in [0.15, 0.2) is 5.31 Å².